The summed E-state index contributed by atoms with van der Waals surface area (Å²) in [6, 6.07) is 0. The van der Waals surface area contributed by atoms with Gasteiger partial charge in [-0.15, -0.1) is 0 Å². The fourth-order valence-corrected chi connectivity index (χ4v) is 6.27. The molecule has 3 fully saturated rings. The van der Waals surface area contributed by atoms with Gasteiger partial charge in [0, 0.05) is 18.6 Å². The minimum Gasteiger partial charge on any atom is -0.492 e. The number of allylic oxidation sites excluding steroid dienone is 4. The van der Waals surface area contributed by atoms with E-state index in [1.807, 2.05) is 6.92 Å². The molecule has 0 saturated heterocycles. The van der Waals surface area contributed by atoms with Crippen LogP contribution in [0.15, 0.2) is 23.5 Å². The number of Topliss-reactive ketones (excluding diaryl/α,β-unsaturated/α-hetero) is 1. The van der Waals surface area contributed by atoms with E-state index in [1.165, 1.54) is 51.4 Å². The van der Waals surface area contributed by atoms with Gasteiger partial charge in [-0.1, -0.05) is 44.6 Å². The molecule has 4 atom stereocenters. The van der Waals surface area contributed by atoms with E-state index in [0.29, 0.717) is 11.8 Å². The molecule has 0 bridgehead atoms. The first kappa shape index (κ1) is 21.8. The van der Waals surface area contributed by atoms with Crippen LogP contribution in [0.2, 0.25) is 0 Å². The third kappa shape index (κ3) is 4.44. The minimum atomic E-state index is -0.385. The van der Waals surface area contributed by atoms with Gasteiger partial charge in [-0.3, -0.25) is 9.59 Å². The molecule has 0 aromatic carbocycles. The third-order valence-electron chi connectivity index (χ3n) is 8.04. The maximum Gasteiger partial charge on any atom is 0.168 e. The van der Waals surface area contributed by atoms with Gasteiger partial charge in [-0.2, -0.15) is 0 Å². The zero-order chi connectivity index (χ0) is 21.1. The van der Waals surface area contributed by atoms with E-state index in [1.54, 1.807) is 13.2 Å². The van der Waals surface area contributed by atoms with Crippen molar-refractivity contribution in [3.05, 3.63) is 23.5 Å². The first-order valence-electron chi connectivity index (χ1n) is 12.3. The van der Waals surface area contributed by atoms with Gasteiger partial charge in [0.1, 0.15) is 11.9 Å². The summed E-state index contributed by atoms with van der Waals surface area (Å²) in [4.78, 5) is 26.6. The minimum absolute atomic E-state index is 0.0810. The quantitative estimate of drug-likeness (QED) is 0.553. The van der Waals surface area contributed by atoms with Gasteiger partial charge in [-0.25, -0.2) is 0 Å². The van der Waals surface area contributed by atoms with Gasteiger partial charge in [0.15, 0.2) is 11.6 Å². The maximum absolute atomic E-state index is 13.4. The van der Waals surface area contributed by atoms with Crippen molar-refractivity contribution < 1.29 is 19.1 Å². The topological polar surface area (TPSA) is 52.6 Å². The van der Waals surface area contributed by atoms with E-state index in [4.69, 9.17) is 9.47 Å². The van der Waals surface area contributed by atoms with Crippen LogP contribution in [0.4, 0.5) is 0 Å². The van der Waals surface area contributed by atoms with Gasteiger partial charge in [0.05, 0.1) is 17.9 Å². The molecular formula is C26H38O4. The number of rotatable bonds is 5. The predicted molar refractivity (Wildman–Crippen MR) is 117 cm³/mol. The van der Waals surface area contributed by atoms with Crippen molar-refractivity contribution in [2.75, 3.05) is 7.11 Å². The summed E-state index contributed by atoms with van der Waals surface area (Å²) in [7, 11) is 1.68. The lowest BCUT2D eigenvalue weighted by molar-refractivity contribution is -0.150. The zero-order valence-corrected chi connectivity index (χ0v) is 18.7. The van der Waals surface area contributed by atoms with Crippen molar-refractivity contribution in [1.82, 2.24) is 0 Å². The van der Waals surface area contributed by atoms with Crippen LogP contribution in [0.3, 0.4) is 0 Å². The summed E-state index contributed by atoms with van der Waals surface area (Å²) >= 11 is 0. The second kappa shape index (κ2) is 9.80. The Morgan fingerprint density at radius 3 is 2.30 bits per heavy atom. The van der Waals surface area contributed by atoms with E-state index in [2.05, 4.69) is 6.08 Å². The summed E-state index contributed by atoms with van der Waals surface area (Å²) in [6.45, 7) is 1.94. The largest absolute Gasteiger partial charge is 0.492 e. The van der Waals surface area contributed by atoms with Crippen molar-refractivity contribution >= 4 is 11.6 Å². The van der Waals surface area contributed by atoms with Crippen molar-refractivity contribution in [3.63, 3.8) is 0 Å². The van der Waals surface area contributed by atoms with Crippen molar-refractivity contribution in [2.45, 2.75) is 96.2 Å². The van der Waals surface area contributed by atoms with Crippen LogP contribution in [0.5, 0.6) is 0 Å². The number of methoxy groups -OCH3 is 1. The standard InChI is InChI=1S/C26H38O4/c1-17-24(28)20-14-16-22(29-2)23(21(27)15-13-18-9-5-3-6-10-18)26(20)30-25(17)19-11-7-4-8-12-19/h13,15,18-20,22-23,26H,3-12,14,16H2,1-2H3. The molecule has 0 aromatic rings. The number of ether oxygens (including phenoxy) is 2. The monoisotopic (exact) mass is 414 g/mol. The van der Waals surface area contributed by atoms with Gasteiger partial charge in [-0.05, 0) is 57.4 Å². The molecule has 4 unspecified atom stereocenters. The van der Waals surface area contributed by atoms with E-state index in [-0.39, 0.29) is 35.6 Å². The number of hydrogen-bond donors (Lipinski definition) is 0. The summed E-state index contributed by atoms with van der Waals surface area (Å²) in [6.07, 6.45) is 16.8. The Labute approximate surface area is 181 Å². The first-order chi connectivity index (χ1) is 14.6. The fourth-order valence-electron chi connectivity index (χ4n) is 6.27. The Balaban J connectivity index is 1.56. The number of fused-ring (bicyclic) bond motifs is 1. The molecule has 166 valence electrons. The summed E-state index contributed by atoms with van der Waals surface area (Å²) in [5, 5.41) is 0. The highest BCUT2D eigenvalue weighted by molar-refractivity contribution is 6.00. The summed E-state index contributed by atoms with van der Waals surface area (Å²) in [5.41, 5.74) is 0.808. The van der Waals surface area contributed by atoms with Crippen LogP contribution >= 0.6 is 0 Å². The third-order valence-corrected chi connectivity index (χ3v) is 8.04. The fraction of sp³-hybridized carbons (Fsp3) is 0.769. The number of carbonyl (C=O) groups is 2. The molecule has 4 nitrogen and oxygen atoms in total. The molecule has 0 spiro atoms. The van der Waals surface area contributed by atoms with Gasteiger partial charge in [0.25, 0.3) is 0 Å². The van der Waals surface area contributed by atoms with E-state index in [0.717, 1.165) is 37.0 Å². The average molecular weight is 415 g/mol. The number of hydrogen-bond acceptors (Lipinski definition) is 4. The molecule has 4 heteroatoms. The molecule has 3 aliphatic carbocycles. The Morgan fingerprint density at radius 2 is 1.63 bits per heavy atom. The Bertz CT molecular complexity index is 694. The van der Waals surface area contributed by atoms with Gasteiger partial charge in [0.2, 0.25) is 0 Å². The van der Waals surface area contributed by atoms with Crippen LogP contribution in [0.1, 0.15) is 84.0 Å². The lowest BCUT2D eigenvalue weighted by Gasteiger charge is -2.45. The van der Waals surface area contributed by atoms with Crippen LogP contribution in [0.25, 0.3) is 0 Å². The Hall–Kier alpha value is -1.42. The van der Waals surface area contributed by atoms with Gasteiger partial charge >= 0.3 is 0 Å². The molecule has 0 radical (unpaired) electrons. The van der Waals surface area contributed by atoms with Crippen LogP contribution < -0.4 is 0 Å². The highest BCUT2D eigenvalue weighted by atomic mass is 16.5. The molecule has 0 aromatic heterocycles. The Kier molecular flexibility index (Phi) is 7.12. The predicted octanol–water partition coefficient (Wildman–Crippen LogP) is 5.56. The molecular weight excluding hydrogens is 376 g/mol. The first-order valence-corrected chi connectivity index (χ1v) is 12.3. The Morgan fingerprint density at radius 1 is 0.967 bits per heavy atom. The molecule has 0 N–H and O–H groups in total. The smallest absolute Gasteiger partial charge is 0.168 e. The second-order valence-corrected chi connectivity index (χ2v) is 9.91. The highest BCUT2D eigenvalue weighted by Gasteiger charge is 2.50. The lowest BCUT2D eigenvalue weighted by Crippen LogP contribution is -2.52. The number of ketones is 2. The normalized spacial score (nSPS) is 34.1. The molecule has 1 aliphatic heterocycles. The van der Waals surface area contributed by atoms with Crippen LogP contribution in [0, 0.1) is 23.7 Å². The van der Waals surface area contributed by atoms with Crippen molar-refractivity contribution in [3.8, 4) is 0 Å². The average Bonchev–Trinajstić information content (AvgIpc) is 2.80. The molecule has 30 heavy (non-hydrogen) atoms. The summed E-state index contributed by atoms with van der Waals surface area (Å²) < 4.78 is 12.3. The van der Waals surface area contributed by atoms with Crippen LogP contribution in [-0.2, 0) is 19.1 Å². The van der Waals surface area contributed by atoms with E-state index >= 15 is 0 Å². The van der Waals surface area contributed by atoms with Crippen LogP contribution in [-0.4, -0.2) is 30.9 Å². The van der Waals surface area contributed by atoms with Crippen molar-refractivity contribution in [2.24, 2.45) is 23.7 Å². The van der Waals surface area contributed by atoms with E-state index < -0.39 is 0 Å². The van der Waals surface area contributed by atoms with Gasteiger partial charge < -0.3 is 9.47 Å². The SMILES string of the molecule is COC1CCC2C(=O)C(C)=C(C3CCCCC3)OC2C1C(=O)C=CC1CCCCC1. The zero-order valence-electron chi connectivity index (χ0n) is 18.7. The molecule has 3 saturated carbocycles. The maximum atomic E-state index is 13.4. The second-order valence-electron chi connectivity index (χ2n) is 9.91. The number of carbonyl (C=O) groups excluding carboxylic acids is 2. The lowest BCUT2D eigenvalue weighted by atomic mass is 9.70. The molecule has 0 amide bonds. The molecule has 1 heterocycles. The van der Waals surface area contributed by atoms with E-state index in [9.17, 15) is 9.59 Å². The molecule has 4 aliphatic rings. The van der Waals surface area contributed by atoms with Crippen molar-refractivity contribution in [1.29, 1.82) is 0 Å². The molecule has 4 rings (SSSR count). The highest BCUT2D eigenvalue weighted by Crippen LogP contribution is 2.44. The summed E-state index contributed by atoms with van der Waals surface area (Å²) in [5.74, 6) is 1.42.